The molecule has 6 nitrogen and oxygen atoms in total. The number of hydrogen-bond donors (Lipinski definition) is 1. The number of anilines is 1. The first-order chi connectivity index (χ1) is 13.1. The van der Waals surface area contributed by atoms with Crippen LogP contribution in [-0.2, 0) is 0 Å². The molecule has 27 heavy (non-hydrogen) atoms. The lowest BCUT2D eigenvalue weighted by Crippen LogP contribution is -2.62. The number of carbonyl (C=O) groups is 1. The van der Waals surface area contributed by atoms with Gasteiger partial charge < -0.3 is 10.2 Å². The number of aryl methyl sites for hydroxylation is 1. The summed E-state index contributed by atoms with van der Waals surface area (Å²) in [7, 11) is 0. The van der Waals surface area contributed by atoms with Gasteiger partial charge in [-0.25, -0.2) is 18.7 Å². The van der Waals surface area contributed by atoms with Gasteiger partial charge in [-0.1, -0.05) is 0 Å². The molecule has 2 aromatic heterocycles. The average Bonchev–Trinajstić information content (AvgIpc) is 3.12. The highest BCUT2D eigenvalue weighted by atomic mass is 19.1. The lowest BCUT2D eigenvalue weighted by molar-refractivity contribution is 0.0173. The molecule has 5 rings (SSSR count). The topological polar surface area (TPSA) is 62.5 Å². The molecule has 7 heteroatoms. The monoisotopic (exact) mass is 365 g/mol. The molecule has 2 saturated heterocycles. The van der Waals surface area contributed by atoms with E-state index >= 15 is 0 Å². The number of piperidine rings is 1. The Labute approximate surface area is 156 Å². The predicted molar refractivity (Wildman–Crippen MR) is 100 cm³/mol. The number of urea groups is 1. The Balaban J connectivity index is 1.46. The normalized spacial score (nSPS) is 21.2. The van der Waals surface area contributed by atoms with Crippen LogP contribution in [0.15, 0.2) is 36.7 Å². The number of benzene rings is 1. The summed E-state index contributed by atoms with van der Waals surface area (Å²) in [5, 5.41) is 7.25. The molecular formula is C20H20FN5O. The van der Waals surface area contributed by atoms with Crippen LogP contribution in [0.3, 0.4) is 0 Å². The van der Waals surface area contributed by atoms with E-state index in [9.17, 15) is 9.18 Å². The third kappa shape index (κ3) is 2.65. The molecule has 2 aliphatic rings. The van der Waals surface area contributed by atoms with Crippen LogP contribution in [-0.4, -0.2) is 37.6 Å². The minimum absolute atomic E-state index is 0.168. The van der Waals surface area contributed by atoms with E-state index in [0.29, 0.717) is 23.5 Å². The lowest BCUT2D eigenvalue weighted by Gasteiger charge is -2.52. The first kappa shape index (κ1) is 16.2. The number of carbonyl (C=O) groups excluding carboxylic acids is 1. The number of halogens is 1. The fourth-order valence-electron chi connectivity index (χ4n) is 4.28. The summed E-state index contributed by atoms with van der Waals surface area (Å²) >= 11 is 0. The molecule has 2 fully saturated rings. The molecule has 2 atom stereocenters. The van der Waals surface area contributed by atoms with E-state index in [-0.39, 0.29) is 11.7 Å². The molecule has 2 bridgehead atoms. The van der Waals surface area contributed by atoms with Gasteiger partial charge in [-0.3, -0.25) is 0 Å². The van der Waals surface area contributed by atoms with Crippen LogP contribution in [0, 0.1) is 12.7 Å². The van der Waals surface area contributed by atoms with E-state index in [4.69, 9.17) is 0 Å². The molecule has 1 aromatic carbocycles. The minimum Gasteiger partial charge on any atom is -0.318 e. The number of nitrogens with one attached hydrogen (secondary N) is 1. The standard InChI is InChI=1S/C20H20FN5O/c1-12-8-17(21)18(23-20(27)26-13-4-2-5-14(26)9-13)10-16(12)19-22-11-15-6-3-7-25(15)24-19/h3,6-8,10-11,13-14H,2,4-5,9H2,1H3,(H,23,27). The smallest absolute Gasteiger partial charge is 0.318 e. The van der Waals surface area contributed by atoms with Crippen LogP contribution in [0.25, 0.3) is 16.9 Å². The van der Waals surface area contributed by atoms with Crippen molar-refractivity contribution in [2.24, 2.45) is 0 Å². The van der Waals surface area contributed by atoms with Gasteiger partial charge in [-0.2, -0.15) is 0 Å². The van der Waals surface area contributed by atoms with Crippen molar-refractivity contribution in [3.63, 3.8) is 0 Å². The average molecular weight is 365 g/mol. The van der Waals surface area contributed by atoms with E-state index in [1.54, 1.807) is 16.8 Å². The van der Waals surface area contributed by atoms with Gasteiger partial charge in [0.25, 0.3) is 0 Å². The molecule has 2 unspecified atom stereocenters. The van der Waals surface area contributed by atoms with Crippen molar-refractivity contribution in [2.45, 2.75) is 44.7 Å². The first-order valence-corrected chi connectivity index (χ1v) is 9.30. The molecule has 0 aliphatic carbocycles. The van der Waals surface area contributed by atoms with Gasteiger partial charge in [0.2, 0.25) is 0 Å². The lowest BCUT2D eigenvalue weighted by atomic mass is 9.80. The van der Waals surface area contributed by atoms with Crippen molar-refractivity contribution in [3.8, 4) is 11.4 Å². The third-order valence-corrected chi connectivity index (χ3v) is 5.72. The van der Waals surface area contributed by atoms with Crippen LogP contribution in [0.2, 0.25) is 0 Å². The number of rotatable bonds is 2. The second-order valence-electron chi connectivity index (χ2n) is 7.42. The molecule has 1 N–H and O–H groups in total. The van der Waals surface area contributed by atoms with Crippen molar-refractivity contribution >= 4 is 17.2 Å². The van der Waals surface area contributed by atoms with Crippen LogP contribution in [0.1, 0.15) is 31.2 Å². The van der Waals surface area contributed by atoms with Gasteiger partial charge in [0, 0.05) is 23.8 Å². The number of hydrogen-bond acceptors (Lipinski definition) is 3. The van der Waals surface area contributed by atoms with Crippen LogP contribution < -0.4 is 5.32 Å². The van der Waals surface area contributed by atoms with E-state index in [2.05, 4.69) is 15.4 Å². The van der Waals surface area contributed by atoms with E-state index < -0.39 is 5.82 Å². The quantitative estimate of drug-likeness (QED) is 0.747. The fourth-order valence-corrected chi connectivity index (χ4v) is 4.28. The second kappa shape index (κ2) is 6.04. The Hall–Kier alpha value is -2.96. The minimum atomic E-state index is -0.447. The van der Waals surface area contributed by atoms with Gasteiger partial charge >= 0.3 is 6.03 Å². The summed E-state index contributed by atoms with van der Waals surface area (Å²) in [5.41, 5.74) is 2.47. The van der Waals surface area contributed by atoms with Crippen molar-refractivity contribution in [2.75, 3.05) is 5.32 Å². The van der Waals surface area contributed by atoms with Crippen LogP contribution in [0.5, 0.6) is 0 Å². The maximum Gasteiger partial charge on any atom is 0.322 e. The highest BCUT2D eigenvalue weighted by molar-refractivity contribution is 5.91. The fraction of sp³-hybridized carbons (Fsp3) is 0.350. The van der Waals surface area contributed by atoms with Gasteiger partial charge in [-0.05, 0) is 62.4 Å². The maximum atomic E-state index is 14.5. The zero-order chi connectivity index (χ0) is 18.5. The number of fused-ring (bicyclic) bond motifs is 3. The van der Waals surface area contributed by atoms with Crippen molar-refractivity contribution < 1.29 is 9.18 Å². The Morgan fingerprint density at radius 3 is 2.89 bits per heavy atom. The van der Waals surface area contributed by atoms with Gasteiger partial charge in [0.15, 0.2) is 5.82 Å². The summed E-state index contributed by atoms with van der Waals surface area (Å²) in [4.78, 5) is 18.9. The highest BCUT2D eigenvalue weighted by Gasteiger charge is 2.44. The Kier molecular flexibility index (Phi) is 3.63. The van der Waals surface area contributed by atoms with Crippen molar-refractivity contribution in [1.82, 2.24) is 19.5 Å². The van der Waals surface area contributed by atoms with Gasteiger partial charge in [0.05, 0.1) is 17.4 Å². The molecule has 0 radical (unpaired) electrons. The van der Waals surface area contributed by atoms with Gasteiger partial charge in [0.1, 0.15) is 5.82 Å². The summed E-state index contributed by atoms with van der Waals surface area (Å²) in [6.07, 6.45) is 7.88. The SMILES string of the molecule is Cc1cc(F)c(NC(=O)N2C3CCCC2C3)cc1-c1ncc2cccn2n1. The second-order valence-corrected chi connectivity index (χ2v) is 7.42. The third-order valence-electron chi connectivity index (χ3n) is 5.72. The highest BCUT2D eigenvalue weighted by Crippen LogP contribution is 2.38. The summed E-state index contributed by atoms with van der Waals surface area (Å²) in [6.45, 7) is 1.81. The Bertz CT molecular complexity index is 1030. The predicted octanol–water partition coefficient (Wildman–Crippen LogP) is 4.00. The first-order valence-electron chi connectivity index (χ1n) is 9.30. The zero-order valence-electron chi connectivity index (χ0n) is 15.0. The summed E-state index contributed by atoms with van der Waals surface area (Å²) in [5.74, 6) is 0.0462. The maximum absolute atomic E-state index is 14.5. The number of amides is 2. The Morgan fingerprint density at radius 1 is 1.30 bits per heavy atom. The molecule has 138 valence electrons. The summed E-state index contributed by atoms with van der Waals surface area (Å²) < 4.78 is 16.2. The molecule has 0 spiro atoms. The van der Waals surface area contributed by atoms with E-state index in [1.165, 1.54) is 12.5 Å². The van der Waals surface area contributed by atoms with Crippen molar-refractivity contribution in [1.29, 1.82) is 0 Å². The van der Waals surface area contributed by atoms with Crippen LogP contribution >= 0.6 is 0 Å². The van der Waals surface area contributed by atoms with E-state index in [0.717, 1.165) is 30.3 Å². The number of nitrogens with zero attached hydrogens (tertiary/aromatic N) is 4. The largest absolute Gasteiger partial charge is 0.322 e. The molecule has 4 heterocycles. The van der Waals surface area contributed by atoms with E-state index in [1.807, 2.05) is 30.2 Å². The molecule has 3 aromatic rings. The molecule has 2 amide bonds. The summed E-state index contributed by atoms with van der Waals surface area (Å²) in [6, 6.07) is 7.24. The number of aromatic nitrogens is 3. The molecule has 0 saturated carbocycles. The Morgan fingerprint density at radius 2 is 2.11 bits per heavy atom. The molecular weight excluding hydrogens is 345 g/mol. The van der Waals surface area contributed by atoms with Crippen LogP contribution in [0.4, 0.5) is 14.9 Å². The van der Waals surface area contributed by atoms with Gasteiger partial charge in [-0.15, -0.1) is 5.10 Å². The molecule has 2 aliphatic heterocycles. The zero-order valence-corrected chi connectivity index (χ0v) is 15.0. The van der Waals surface area contributed by atoms with Crippen molar-refractivity contribution in [3.05, 3.63) is 48.0 Å².